The van der Waals surface area contributed by atoms with Gasteiger partial charge in [0.25, 0.3) is 0 Å². The molecular weight excluding hydrogens is 148 g/mol. The molecule has 0 aliphatic heterocycles. The molecule has 1 N–H and O–H groups in total. The third-order valence-electron chi connectivity index (χ3n) is 4.02. The molecule has 0 bridgehead atoms. The Labute approximate surface area is 71.0 Å². The zero-order valence-corrected chi connectivity index (χ0v) is 6.64. The molecule has 0 amide bonds. The Morgan fingerprint density at radius 1 is 0.917 bits per heavy atom. The van der Waals surface area contributed by atoms with Gasteiger partial charge in [-0.05, 0) is 28.9 Å². The Bertz CT molecular complexity index is 371. The molecule has 0 saturated heterocycles. The van der Waals surface area contributed by atoms with Gasteiger partial charge in [0.15, 0.2) is 0 Å². The van der Waals surface area contributed by atoms with Crippen LogP contribution in [0.25, 0.3) is 0 Å². The molecular formula is C11H10O. The highest BCUT2D eigenvalue weighted by molar-refractivity contribution is 5.53. The zero-order chi connectivity index (χ0) is 7.87. The van der Waals surface area contributed by atoms with Gasteiger partial charge in [-0.15, -0.1) is 0 Å². The van der Waals surface area contributed by atoms with Gasteiger partial charge >= 0.3 is 0 Å². The summed E-state index contributed by atoms with van der Waals surface area (Å²) < 4.78 is 0. The van der Waals surface area contributed by atoms with Crippen molar-refractivity contribution in [3.05, 3.63) is 35.4 Å². The fourth-order valence-corrected chi connectivity index (χ4v) is 3.51. The van der Waals surface area contributed by atoms with E-state index in [1.807, 2.05) is 0 Å². The van der Waals surface area contributed by atoms with Gasteiger partial charge in [0.2, 0.25) is 0 Å². The first-order chi connectivity index (χ1) is 5.89. The van der Waals surface area contributed by atoms with Crippen LogP contribution < -0.4 is 0 Å². The van der Waals surface area contributed by atoms with Crippen molar-refractivity contribution < 1.29 is 5.11 Å². The monoisotopic (exact) mass is 158 g/mol. The van der Waals surface area contributed by atoms with E-state index in [1.54, 1.807) is 0 Å². The van der Waals surface area contributed by atoms with Crippen LogP contribution in [-0.2, 0) is 0 Å². The lowest BCUT2D eigenvalue weighted by atomic mass is 9.76. The molecule has 1 unspecified atom stereocenters. The highest BCUT2D eigenvalue weighted by atomic mass is 16.3. The molecule has 2 fully saturated rings. The van der Waals surface area contributed by atoms with Crippen LogP contribution in [0.4, 0.5) is 0 Å². The van der Waals surface area contributed by atoms with Gasteiger partial charge in [0, 0.05) is 5.92 Å². The SMILES string of the molecule is O[C@H]1[C@@H]2C3[C@H]1c1ccccc1[C@@H]32. The number of hydrogen-bond acceptors (Lipinski definition) is 1. The van der Waals surface area contributed by atoms with Gasteiger partial charge in [0.05, 0.1) is 6.10 Å². The summed E-state index contributed by atoms with van der Waals surface area (Å²) in [5.41, 5.74) is 2.96. The van der Waals surface area contributed by atoms with Crippen LogP contribution in [-0.4, -0.2) is 11.2 Å². The highest BCUT2D eigenvalue weighted by Gasteiger charge is 2.74. The number of aliphatic hydroxyl groups is 1. The molecule has 3 aliphatic carbocycles. The minimum absolute atomic E-state index is 0.00472. The van der Waals surface area contributed by atoms with Crippen molar-refractivity contribution >= 4 is 0 Å². The number of fused-ring (bicyclic) bond motifs is 4. The topological polar surface area (TPSA) is 20.2 Å². The van der Waals surface area contributed by atoms with Crippen molar-refractivity contribution in [1.29, 1.82) is 0 Å². The molecule has 0 aromatic heterocycles. The number of rotatable bonds is 0. The Balaban J connectivity index is 2.00. The van der Waals surface area contributed by atoms with Gasteiger partial charge in [-0.1, -0.05) is 24.3 Å². The van der Waals surface area contributed by atoms with E-state index in [9.17, 15) is 5.11 Å². The Kier molecular flexibility index (Phi) is 0.705. The second-order valence-electron chi connectivity index (χ2n) is 4.33. The fourth-order valence-electron chi connectivity index (χ4n) is 3.51. The third kappa shape index (κ3) is 0.380. The van der Waals surface area contributed by atoms with Crippen molar-refractivity contribution in [3.63, 3.8) is 0 Å². The molecule has 0 radical (unpaired) electrons. The highest BCUT2D eigenvalue weighted by Crippen LogP contribution is 2.78. The van der Waals surface area contributed by atoms with Crippen LogP contribution in [0.1, 0.15) is 23.0 Å². The van der Waals surface area contributed by atoms with Gasteiger partial charge < -0.3 is 5.11 Å². The van der Waals surface area contributed by atoms with E-state index in [-0.39, 0.29) is 6.10 Å². The predicted molar refractivity (Wildman–Crippen MR) is 44.9 cm³/mol. The molecule has 1 heteroatoms. The minimum atomic E-state index is -0.00472. The quantitative estimate of drug-likeness (QED) is 0.606. The van der Waals surface area contributed by atoms with Crippen LogP contribution in [0.2, 0.25) is 0 Å². The number of benzene rings is 1. The van der Waals surface area contributed by atoms with Gasteiger partial charge in [-0.25, -0.2) is 0 Å². The van der Waals surface area contributed by atoms with Crippen LogP contribution >= 0.6 is 0 Å². The second kappa shape index (κ2) is 1.47. The van der Waals surface area contributed by atoms with Crippen molar-refractivity contribution in [2.24, 2.45) is 11.8 Å². The molecule has 1 aromatic rings. The van der Waals surface area contributed by atoms with Crippen LogP contribution in [0.5, 0.6) is 0 Å². The minimum Gasteiger partial charge on any atom is -0.392 e. The summed E-state index contributed by atoms with van der Waals surface area (Å²) >= 11 is 0. The summed E-state index contributed by atoms with van der Waals surface area (Å²) in [6.45, 7) is 0. The molecule has 60 valence electrons. The van der Waals surface area contributed by atoms with Crippen molar-refractivity contribution in [2.75, 3.05) is 0 Å². The van der Waals surface area contributed by atoms with Crippen molar-refractivity contribution in [3.8, 4) is 0 Å². The van der Waals surface area contributed by atoms with Crippen LogP contribution in [0.3, 0.4) is 0 Å². The molecule has 12 heavy (non-hydrogen) atoms. The second-order valence-corrected chi connectivity index (χ2v) is 4.33. The summed E-state index contributed by atoms with van der Waals surface area (Å²) in [4.78, 5) is 0. The maximum Gasteiger partial charge on any atom is 0.0649 e. The summed E-state index contributed by atoms with van der Waals surface area (Å²) in [5, 5.41) is 9.70. The van der Waals surface area contributed by atoms with E-state index in [0.717, 1.165) is 11.8 Å². The summed E-state index contributed by atoms with van der Waals surface area (Å²) in [6.07, 6.45) is -0.00472. The lowest BCUT2D eigenvalue weighted by Gasteiger charge is -2.33. The standard InChI is InChI=1S/C11H10O/c12-11-8-6-4-2-1-3-5(6)7-9(8)10(7)11/h1-4,7-12H/t7-,8+,9?,10-,11+/m0/s1. The van der Waals surface area contributed by atoms with Crippen molar-refractivity contribution in [2.45, 2.75) is 17.9 Å². The van der Waals surface area contributed by atoms with Crippen LogP contribution in [0.15, 0.2) is 24.3 Å². The molecule has 5 atom stereocenters. The smallest absolute Gasteiger partial charge is 0.0649 e. The third-order valence-corrected chi connectivity index (χ3v) is 4.02. The Morgan fingerprint density at radius 3 is 2.33 bits per heavy atom. The van der Waals surface area contributed by atoms with E-state index in [0.29, 0.717) is 11.8 Å². The lowest BCUT2D eigenvalue weighted by Crippen LogP contribution is -2.33. The molecule has 0 heterocycles. The molecule has 4 rings (SSSR count). The summed E-state index contributed by atoms with van der Waals surface area (Å²) in [7, 11) is 0. The van der Waals surface area contributed by atoms with E-state index in [2.05, 4.69) is 24.3 Å². The molecule has 0 spiro atoms. The fraction of sp³-hybridized carbons (Fsp3) is 0.455. The van der Waals surface area contributed by atoms with E-state index in [1.165, 1.54) is 11.1 Å². The predicted octanol–water partition coefficient (Wildman–Crippen LogP) is 1.49. The maximum absolute atomic E-state index is 9.70. The normalized spacial score (nSPS) is 50.9. The molecule has 2 saturated carbocycles. The van der Waals surface area contributed by atoms with E-state index < -0.39 is 0 Å². The first-order valence-electron chi connectivity index (χ1n) is 4.66. The largest absolute Gasteiger partial charge is 0.392 e. The number of aliphatic hydroxyl groups excluding tert-OH is 1. The van der Waals surface area contributed by atoms with Gasteiger partial charge in [0.1, 0.15) is 0 Å². The number of hydrogen-bond donors (Lipinski definition) is 1. The van der Waals surface area contributed by atoms with E-state index >= 15 is 0 Å². The first kappa shape index (κ1) is 5.76. The summed E-state index contributed by atoms with van der Waals surface area (Å²) in [6, 6.07) is 8.62. The average Bonchev–Trinajstić information content (AvgIpc) is 2.68. The zero-order valence-electron chi connectivity index (χ0n) is 6.64. The average molecular weight is 158 g/mol. The first-order valence-corrected chi connectivity index (χ1v) is 4.66. The summed E-state index contributed by atoms with van der Waals surface area (Å²) in [5.74, 6) is 2.72. The lowest BCUT2D eigenvalue weighted by molar-refractivity contribution is 0.0501. The molecule has 3 aliphatic rings. The maximum atomic E-state index is 9.70. The molecule has 1 aromatic carbocycles. The Morgan fingerprint density at radius 2 is 1.58 bits per heavy atom. The van der Waals surface area contributed by atoms with Crippen LogP contribution in [0, 0.1) is 11.8 Å². The van der Waals surface area contributed by atoms with Crippen molar-refractivity contribution in [1.82, 2.24) is 0 Å². The van der Waals surface area contributed by atoms with E-state index in [4.69, 9.17) is 0 Å². The Hall–Kier alpha value is -0.820. The molecule has 1 nitrogen and oxygen atoms in total. The van der Waals surface area contributed by atoms with Gasteiger partial charge in [-0.2, -0.15) is 0 Å². The van der Waals surface area contributed by atoms with Gasteiger partial charge in [-0.3, -0.25) is 0 Å².